The van der Waals surface area contributed by atoms with E-state index in [-0.39, 0.29) is 10.9 Å². The predicted molar refractivity (Wildman–Crippen MR) is 51.6 cm³/mol. The number of aromatic amines is 1. The van der Waals surface area contributed by atoms with Crippen molar-refractivity contribution in [3.05, 3.63) is 33.2 Å². The van der Waals surface area contributed by atoms with Gasteiger partial charge in [-0.3, -0.25) is 4.79 Å². The molecule has 82 valence electrons. The minimum Gasteiger partial charge on any atom is -0.477 e. The van der Waals surface area contributed by atoms with Crippen molar-refractivity contribution >= 4 is 21.9 Å². The third-order valence-corrected chi connectivity index (χ3v) is 2.35. The van der Waals surface area contributed by atoms with Gasteiger partial charge in [-0.2, -0.15) is 0 Å². The number of carbonyl (C=O) groups is 1. The number of H-pyrrole nitrogens is 1. The van der Waals surface area contributed by atoms with E-state index in [4.69, 9.17) is 5.11 Å². The summed E-state index contributed by atoms with van der Waals surface area (Å²) in [5, 5.41) is 8.67. The first-order valence-corrected chi connectivity index (χ1v) is 4.93. The molecule has 0 saturated heterocycles. The largest absolute Gasteiger partial charge is 0.477 e. The first-order valence-electron chi connectivity index (χ1n) is 3.81. The number of pyridine rings is 1. The van der Waals surface area contributed by atoms with E-state index in [0.717, 1.165) is 6.07 Å². The Labute approximate surface area is 91.1 Å². The van der Waals surface area contributed by atoms with Crippen molar-refractivity contribution < 1.29 is 18.7 Å². The molecular formula is C8H6BrF2NO3. The highest BCUT2D eigenvalue weighted by Gasteiger charge is 2.20. The number of alkyl halides is 3. The summed E-state index contributed by atoms with van der Waals surface area (Å²) >= 11 is 2.94. The SMILES string of the molecule is O=C(O)c1[nH]c(=O)c(CBr)cc1C(F)F. The molecule has 0 unspecified atom stereocenters. The van der Waals surface area contributed by atoms with Gasteiger partial charge in [-0.25, -0.2) is 13.6 Å². The molecule has 0 fully saturated rings. The Morgan fingerprint density at radius 1 is 1.60 bits per heavy atom. The molecule has 0 aliphatic carbocycles. The molecule has 0 aliphatic heterocycles. The van der Waals surface area contributed by atoms with E-state index in [0.29, 0.717) is 0 Å². The molecule has 1 aromatic heterocycles. The highest BCUT2D eigenvalue weighted by atomic mass is 79.9. The van der Waals surface area contributed by atoms with Crippen LogP contribution in [0.1, 0.15) is 28.0 Å². The van der Waals surface area contributed by atoms with Gasteiger partial charge < -0.3 is 10.1 Å². The number of halogens is 3. The van der Waals surface area contributed by atoms with Gasteiger partial charge in [-0.1, -0.05) is 15.9 Å². The van der Waals surface area contributed by atoms with Gasteiger partial charge in [-0.15, -0.1) is 0 Å². The van der Waals surface area contributed by atoms with Gasteiger partial charge in [0.25, 0.3) is 12.0 Å². The number of hydrogen-bond donors (Lipinski definition) is 2. The van der Waals surface area contributed by atoms with Crippen molar-refractivity contribution in [3.8, 4) is 0 Å². The summed E-state index contributed by atoms with van der Waals surface area (Å²) in [6.07, 6.45) is -2.94. The highest BCUT2D eigenvalue weighted by Crippen LogP contribution is 2.22. The molecule has 1 rings (SSSR count). The topological polar surface area (TPSA) is 70.2 Å². The summed E-state index contributed by atoms with van der Waals surface area (Å²) in [6.45, 7) is 0. The average Bonchev–Trinajstić information content (AvgIpc) is 2.16. The molecule has 0 spiro atoms. The van der Waals surface area contributed by atoms with E-state index in [1.165, 1.54) is 0 Å². The summed E-state index contributed by atoms with van der Waals surface area (Å²) in [6, 6.07) is 0.891. The number of aromatic carboxylic acids is 1. The molecule has 0 amide bonds. The van der Waals surface area contributed by atoms with Gasteiger partial charge in [0, 0.05) is 16.5 Å². The van der Waals surface area contributed by atoms with Crippen molar-refractivity contribution in [2.45, 2.75) is 11.8 Å². The van der Waals surface area contributed by atoms with Crippen LogP contribution < -0.4 is 5.56 Å². The number of nitrogens with one attached hydrogen (secondary N) is 1. The lowest BCUT2D eigenvalue weighted by Crippen LogP contribution is -2.19. The lowest BCUT2D eigenvalue weighted by molar-refractivity contribution is 0.0676. The summed E-state index contributed by atoms with van der Waals surface area (Å²) in [7, 11) is 0. The Balaban J connectivity index is 3.46. The number of rotatable bonds is 3. The quantitative estimate of drug-likeness (QED) is 0.832. The number of carboxylic acids is 1. The molecule has 0 radical (unpaired) electrons. The van der Waals surface area contributed by atoms with Crippen molar-refractivity contribution in [2.24, 2.45) is 0 Å². The van der Waals surface area contributed by atoms with Gasteiger partial charge in [-0.05, 0) is 6.07 Å². The third kappa shape index (κ3) is 2.41. The Bertz CT molecular complexity index is 444. The first kappa shape index (κ1) is 11.8. The Morgan fingerprint density at radius 3 is 2.60 bits per heavy atom. The average molecular weight is 282 g/mol. The predicted octanol–water partition coefficient (Wildman–Crippen LogP) is 1.91. The van der Waals surface area contributed by atoms with E-state index >= 15 is 0 Å². The van der Waals surface area contributed by atoms with Crippen molar-refractivity contribution in [1.82, 2.24) is 4.98 Å². The van der Waals surface area contributed by atoms with Crippen LogP contribution in [0.25, 0.3) is 0 Å². The van der Waals surface area contributed by atoms with Gasteiger partial charge in [0.1, 0.15) is 5.69 Å². The third-order valence-electron chi connectivity index (χ3n) is 1.74. The zero-order chi connectivity index (χ0) is 11.6. The molecule has 1 aromatic rings. The molecule has 15 heavy (non-hydrogen) atoms. The van der Waals surface area contributed by atoms with Gasteiger partial charge in [0.2, 0.25) is 0 Å². The van der Waals surface area contributed by atoms with E-state index in [2.05, 4.69) is 15.9 Å². The summed E-state index contributed by atoms with van der Waals surface area (Å²) in [5.41, 5.74) is -2.07. The minimum atomic E-state index is -2.94. The van der Waals surface area contributed by atoms with E-state index in [9.17, 15) is 18.4 Å². The Morgan fingerprint density at radius 2 is 2.20 bits per heavy atom. The van der Waals surface area contributed by atoms with Crippen LogP contribution in [-0.2, 0) is 5.33 Å². The normalized spacial score (nSPS) is 10.7. The van der Waals surface area contributed by atoms with Crippen molar-refractivity contribution in [2.75, 3.05) is 0 Å². The van der Waals surface area contributed by atoms with Gasteiger partial charge in [0.15, 0.2) is 0 Å². The van der Waals surface area contributed by atoms with Crippen molar-refractivity contribution in [1.29, 1.82) is 0 Å². The van der Waals surface area contributed by atoms with Crippen LogP contribution >= 0.6 is 15.9 Å². The Kier molecular flexibility index (Phi) is 3.57. The van der Waals surface area contributed by atoms with Crippen LogP contribution in [0.15, 0.2) is 10.9 Å². The molecule has 1 heterocycles. The monoisotopic (exact) mass is 281 g/mol. The molecule has 0 aliphatic rings. The second kappa shape index (κ2) is 4.52. The lowest BCUT2D eigenvalue weighted by Gasteiger charge is -2.05. The lowest BCUT2D eigenvalue weighted by atomic mass is 10.1. The zero-order valence-electron chi connectivity index (χ0n) is 7.26. The summed E-state index contributed by atoms with van der Waals surface area (Å²) < 4.78 is 24.9. The molecule has 0 bridgehead atoms. The Hall–Kier alpha value is -1.24. The summed E-state index contributed by atoms with van der Waals surface area (Å²) in [5.74, 6) is -1.58. The molecule has 0 atom stereocenters. The minimum absolute atomic E-state index is 0.0651. The molecule has 4 nitrogen and oxygen atoms in total. The molecule has 0 aromatic carbocycles. The van der Waals surface area contributed by atoms with Crippen LogP contribution in [0.3, 0.4) is 0 Å². The molecule has 2 N–H and O–H groups in total. The molecule has 0 saturated carbocycles. The van der Waals surface area contributed by atoms with Crippen LogP contribution in [0.2, 0.25) is 0 Å². The fourth-order valence-corrected chi connectivity index (χ4v) is 1.46. The maximum atomic E-state index is 12.4. The second-order valence-electron chi connectivity index (χ2n) is 2.69. The smallest absolute Gasteiger partial charge is 0.352 e. The maximum absolute atomic E-state index is 12.4. The van der Waals surface area contributed by atoms with Crippen LogP contribution in [0.5, 0.6) is 0 Å². The number of aromatic nitrogens is 1. The van der Waals surface area contributed by atoms with Crippen LogP contribution in [-0.4, -0.2) is 16.1 Å². The van der Waals surface area contributed by atoms with Crippen LogP contribution in [0.4, 0.5) is 8.78 Å². The van der Waals surface area contributed by atoms with E-state index in [1.807, 2.05) is 4.98 Å². The molecule has 7 heteroatoms. The van der Waals surface area contributed by atoms with Gasteiger partial charge >= 0.3 is 5.97 Å². The zero-order valence-corrected chi connectivity index (χ0v) is 8.85. The van der Waals surface area contributed by atoms with Crippen LogP contribution in [0, 0.1) is 0 Å². The van der Waals surface area contributed by atoms with E-state index < -0.39 is 29.2 Å². The first-order chi connectivity index (χ1) is 6.97. The molecular weight excluding hydrogens is 276 g/mol. The number of hydrogen-bond acceptors (Lipinski definition) is 2. The standard InChI is InChI=1S/C8H6BrF2NO3/c9-2-3-1-4(6(10)11)5(8(14)15)12-7(3)13/h1,6H,2H2,(H,12,13)(H,14,15). The summed E-state index contributed by atoms with van der Waals surface area (Å²) in [4.78, 5) is 23.6. The van der Waals surface area contributed by atoms with E-state index in [1.54, 1.807) is 0 Å². The van der Waals surface area contributed by atoms with Gasteiger partial charge in [0.05, 0.1) is 0 Å². The number of carboxylic acid groups (broad SMARTS) is 1. The maximum Gasteiger partial charge on any atom is 0.352 e. The fraction of sp³-hybridized carbons (Fsp3) is 0.250. The van der Waals surface area contributed by atoms with Crippen molar-refractivity contribution in [3.63, 3.8) is 0 Å². The second-order valence-corrected chi connectivity index (χ2v) is 3.25. The highest BCUT2D eigenvalue weighted by molar-refractivity contribution is 9.08. The fourth-order valence-electron chi connectivity index (χ4n) is 1.04.